The average Bonchev–Trinajstić information content (AvgIpc) is 2.88. The van der Waals surface area contributed by atoms with Crippen LogP contribution < -0.4 is 0 Å². The van der Waals surface area contributed by atoms with E-state index in [1.807, 2.05) is 13.0 Å². The first-order valence-corrected chi connectivity index (χ1v) is 10.2. The molecule has 0 unspecified atom stereocenters. The third-order valence-corrected chi connectivity index (χ3v) is 9.69. The molecule has 0 aromatic heterocycles. The zero-order chi connectivity index (χ0) is 19.0. The van der Waals surface area contributed by atoms with E-state index < -0.39 is 28.3 Å². The molecule has 0 aliphatic heterocycles. The van der Waals surface area contributed by atoms with Crippen LogP contribution in [0.2, 0.25) is 0 Å². The lowest BCUT2D eigenvalue weighted by molar-refractivity contribution is -0.161. The van der Waals surface area contributed by atoms with Crippen LogP contribution in [0.5, 0.6) is 0 Å². The monoisotopic (exact) mass is 382 g/mol. The summed E-state index contributed by atoms with van der Waals surface area (Å²) in [7, 11) is 0. The van der Waals surface area contributed by atoms with E-state index in [2.05, 4.69) is 6.92 Å². The zero-order valence-corrected chi connectivity index (χ0v) is 16.4. The molecule has 3 nitrogen and oxygen atoms in total. The van der Waals surface area contributed by atoms with Crippen molar-refractivity contribution in [2.75, 3.05) is 6.67 Å². The third-order valence-electron chi connectivity index (χ3n) is 8.80. The van der Waals surface area contributed by atoms with Gasteiger partial charge in [-0.3, -0.25) is 9.59 Å². The number of carbonyl (C=O) groups is 2. The molecule has 0 bridgehead atoms. The van der Waals surface area contributed by atoms with E-state index in [0.717, 1.165) is 19.3 Å². The number of carbonyl (C=O) groups excluding carboxylic acids is 2. The summed E-state index contributed by atoms with van der Waals surface area (Å²) in [6.45, 7) is 3.05. The largest absolute Gasteiger partial charge is 0.381 e. The highest BCUT2D eigenvalue weighted by molar-refractivity contribution is 6.25. The SMILES string of the molecule is C[C@]12CCC(=O)C=C1CC[C@H]1[C@@H]3CC[C@](O)(C(=O)CF)[C@@]3(C)CC[C@@]12Cl. The average molecular weight is 383 g/mol. The molecule has 0 aromatic rings. The Bertz CT molecular complexity index is 705. The minimum atomic E-state index is -1.57. The quantitative estimate of drug-likeness (QED) is 0.730. The van der Waals surface area contributed by atoms with E-state index in [9.17, 15) is 19.1 Å². The summed E-state index contributed by atoms with van der Waals surface area (Å²) in [5.41, 5.74) is -1.21. The third kappa shape index (κ3) is 2.03. The maximum absolute atomic E-state index is 13.2. The van der Waals surface area contributed by atoms with E-state index in [1.54, 1.807) is 0 Å². The molecule has 3 fully saturated rings. The highest BCUT2D eigenvalue weighted by Gasteiger charge is 2.70. The zero-order valence-electron chi connectivity index (χ0n) is 15.6. The van der Waals surface area contributed by atoms with Gasteiger partial charge in [-0.25, -0.2) is 4.39 Å². The van der Waals surface area contributed by atoms with Crippen LogP contribution in [0.15, 0.2) is 11.6 Å². The summed E-state index contributed by atoms with van der Waals surface area (Å²) in [6.07, 6.45) is 7.20. The van der Waals surface area contributed by atoms with Crippen molar-refractivity contribution >= 4 is 23.2 Å². The molecule has 0 aromatic carbocycles. The van der Waals surface area contributed by atoms with Gasteiger partial charge in [0.15, 0.2) is 18.2 Å². The Hall–Kier alpha value is -0.740. The molecule has 4 aliphatic rings. The number of hydrogen-bond donors (Lipinski definition) is 1. The number of alkyl halides is 2. The summed E-state index contributed by atoms with van der Waals surface area (Å²) < 4.78 is 13.2. The summed E-state index contributed by atoms with van der Waals surface area (Å²) in [5, 5.41) is 11.1. The molecule has 5 heteroatoms. The number of aliphatic hydroxyl groups is 1. The fourth-order valence-corrected chi connectivity index (χ4v) is 7.61. The summed E-state index contributed by atoms with van der Waals surface area (Å²) in [5.74, 6) is -0.180. The second-order valence-corrected chi connectivity index (χ2v) is 10.1. The lowest BCUT2D eigenvalue weighted by Gasteiger charge is -2.63. The van der Waals surface area contributed by atoms with E-state index >= 15 is 0 Å². The number of allylic oxidation sites excluding steroid dienone is 1. The van der Waals surface area contributed by atoms with Crippen molar-refractivity contribution in [2.45, 2.75) is 75.7 Å². The Kier molecular flexibility index (Phi) is 4.03. The number of halogens is 2. The molecule has 144 valence electrons. The van der Waals surface area contributed by atoms with Gasteiger partial charge in [0, 0.05) is 17.3 Å². The number of fused-ring (bicyclic) bond motifs is 5. The van der Waals surface area contributed by atoms with Crippen molar-refractivity contribution in [3.05, 3.63) is 11.6 Å². The Labute approximate surface area is 159 Å². The van der Waals surface area contributed by atoms with E-state index in [4.69, 9.17) is 11.6 Å². The first-order valence-electron chi connectivity index (χ1n) is 9.87. The predicted octanol–water partition coefficient (Wildman–Crippen LogP) is 4.15. The van der Waals surface area contributed by atoms with Crippen molar-refractivity contribution < 1.29 is 19.1 Å². The molecule has 4 aliphatic carbocycles. The van der Waals surface area contributed by atoms with Crippen LogP contribution >= 0.6 is 11.6 Å². The number of Topliss-reactive ketones (excluding diaryl/α,β-unsaturated/α-hetero) is 1. The van der Waals surface area contributed by atoms with Gasteiger partial charge in [0.2, 0.25) is 0 Å². The number of ketones is 2. The van der Waals surface area contributed by atoms with Gasteiger partial charge in [-0.15, -0.1) is 11.6 Å². The van der Waals surface area contributed by atoms with Crippen molar-refractivity contribution in [3.8, 4) is 0 Å². The van der Waals surface area contributed by atoms with Crippen molar-refractivity contribution in [2.24, 2.45) is 22.7 Å². The van der Waals surface area contributed by atoms with Crippen LogP contribution in [0.25, 0.3) is 0 Å². The van der Waals surface area contributed by atoms with Gasteiger partial charge >= 0.3 is 0 Å². The van der Waals surface area contributed by atoms with Gasteiger partial charge in [-0.1, -0.05) is 19.4 Å². The smallest absolute Gasteiger partial charge is 0.195 e. The van der Waals surface area contributed by atoms with Crippen LogP contribution in [0.3, 0.4) is 0 Å². The van der Waals surface area contributed by atoms with Gasteiger partial charge in [-0.05, 0) is 62.9 Å². The standard InChI is InChI=1S/C21H28ClFO3/c1-18-7-5-14(24)11-13(18)3-4-16-15-6-8-21(26,17(25)12-23)19(15,2)9-10-20(16,18)22/h11,15-16,26H,3-10,12H2,1-2H3/t15-,16-,18-,19-,20+,21-/m0/s1. The molecule has 0 amide bonds. The summed E-state index contributed by atoms with van der Waals surface area (Å²) >= 11 is 7.38. The van der Waals surface area contributed by atoms with Gasteiger partial charge in [0.1, 0.15) is 5.60 Å². The van der Waals surface area contributed by atoms with Crippen molar-refractivity contribution in [1.82, 2.24) is 0 Å². The number of hydrogen-bond acceptors (Lipinski definition) is 3. The molecular formula is C21H28ClFO3. The van der Waals surface area contributed by atoms with Crippen LogP contribution in [0.1, 0.15) is 65.2 Å². The van der Waals surface area contributed by atoms with Gasteiger partial charge in [0.05, 0.1) is 4.87 Å². The Morgan fingerprint density at radius 1 is 1.19 bits per heavy atom. The van der Waals surface area contributed by atoms with Crippen LogP contribution in [0.4, 0.5) is 4.39 Å². The Morgan fingerprint density at radius 3 is 2.62 bits per heavy atom. The minimum Gasteiger partial charge on any atom is -0.381 e. The van der Waals surface area contributed by atoms with Crippen LogP contribution in [-0.2, 0) is 9.59 Å². The molecule has 0 radical (unpaired) electrons. The maximum Gasteiger partial charge on any atom is 0.195 e. The lowest BCUT2D eigenvalue weighted by Crippen LogP contribution is -2.63. The second-order valence-electron chi connectivity index (χ2n) is 9.46. The number of rotatable bonds is 2. The first kappa shape index (κ1) is 18.6. The summed E-state index contributed by atoms with van der Waals surface area (Å²) in [4.78, 5) is 23.7. The minimum absolute atomic E-state index is 0.116. The second kappa shape index (κ2) is 5.64. The highest BCUT2D eigenvalue weighted by Crippen LogP contribution is 2.71. The Morgan fingerprint density at radius 2 is 1.92 bits per heavy atom. The van der Waals surface area contributed by atoms with Crippen molar-refractivity contribution in [3.63, 3.8) is 0 Å². The van der Waals surface area contributed by atoms with Crippen molar-refractivity contribution in [1.29, 1.82) is 0 Å². The van der Waals surface area contributed by atoms with Crippen LogP contribution in [0, 0.1) is 22.7 Å². The molecule has 3 saturated carbocycles. The van der Waals surface area contributed by atoms with E-state index in [1.165, 1.54) is 5.57 Å². The van der Waals surface area contributed by atoms with Crippen LogP contribution in [-0.4, -0.2) is 33.8 Å². The normalized spacial score (nSPS) is 50.5. The fraction of sp³-hybridized carbons (Fsp3) is 0.810. The molecule has 0 saturated heterocycles. The molecule has 26 heavy (non-hydrogen) atoms. The predicted molar refractivity (Wildman–Crippen MR) is 97.7 cm³/mol. The molecule has 4 rings (SSSR count). The molecular weight excluding hydrogens is 355 g/mol. The summed E-state index contributed by atoms with van der Waals surface area (Å²) in [6, 6.07) is 0. The molecule has 1 N–H and O–H groups in total. The maximum atomic E-state index is 13.2. The first-order chi connectivity index (χ1) is 12.1. The molecule has 6 atom stereocenters. The van der Waals surface area contributed by atoms with Gasteiger partial charge in [-0.2, -0.15) is 0 Å². The van der Waals surface area contributed by atoms with E-state index in [-0.39, 0.29) is 23.0 Å². The van der Waals surface area contributed by atoms with E-state index in [0.29, 0.717) is 32.1 Å². The van der Waals surface area contributed by atoms with Gasteiger partial charge in [0.25, 0.3) is 0 Å². The topological polar surface area (TPSA) is 54.4 Å². The highest BCUT2D eigenvalue weighted by atomic mass is 35.5. The Balaban J connectivity index is 1.74. The molecule has 0 heterocycles. The lowest BCUT2D eigenvalue weighted by atomic mass is 9.45. The molecule has 0 spiro atoms. The fourth-order valence-electron chi connectivity index (χ4n) is 7.04. The van der Waals surface area contributed by atoms with Gasteiger partial charge < -0.3 is 5.11 Å².